The number of benzene rings is 2. The summed E-state index contributed by atoms with van der Waals surface area (Å²) in [6, 6.07) is 16.7. The van der Waals surface area contributed by atoms with Crippen molar-refractivity contribution in [3.63, 3.8) is 0 Å². The second-order valence-electron chi connectivity index (χ2n) is 6.69. The van der Waals surface area contributed by atoms with Crippen molar-refractivity contribution < 1.29 is 4.79 Å². The lowest BCUT2D eigenvalue weighted by atomic mass is 10.1. The number of rotatable bonds is 6. The van der Waals surface area contributed by atoms with E-state index in [2.05, 4.69) is 15.1 Å². The molecule has 0 atom stereocenters. The normalized spacial score (nSPS) is 10.9. The van der Waals surface area contributed by atoms with Crippen LogP contribution in [0.15, 0.2) is 72.2 Å². The van der Waals surface area contributed by atoms with Crippen LogP contribution >= 0.6 is 0 Å². The van der Waals surface area contributed by atoms with Gasteiger partial charge in [0.25, 0.3) is 0 Å². The fraction of sp³-hybridized carbons (Fsp3) is 0.136. The maximum absolute atomic E-state index is 12.9. The molecule has 28 heavy (non-hydrogen) atoms. The molecule has 0 N–H and O–H groups in total. The molecule has 0 aliphatic rings. The number of carbonyl (C=O) groups excluding carboxylic acids is 1. The van der Waals surface area contributed by atoms with E-state index in [9.17, 15) is 9.70 Å². The minimum absolute atomic E-state index is 0.0295. The summed E-state index contributed by atoms with van der Waals surface area (Å²) in [6.07, 6.45) is 3.57. The van der Waals surface area contributed by atoms with Gasteiger partial charge in [-0.3, -0.25) is 9.78 Å². The lowest BCUT2D eigenvalue weighted by Gasteiger charge is -2.09. The van der Waals surface area contributed by atoms with Crippen LogP contribution in [-0.4, -0.2) is 20.3 Å². The Kier molecular flexibility index (Phi) is 4.76. The molecular weight excluding hydrogens is 352 g/mol. The average molecular weight is 370 g/mol. The molecule has 2 aromatic carbocycles. The smallest absolute Gasteiger partial charge is 0.209 e. The first kappa shape index (κ1) is 17.7. The van der Waals surface area contributed by atoms with Crippen molar-refractivity contribution in [1.82, 2.24) is 14.5 Å². The average Bonchev–Trinajstić information content (AvgIpc) is 3.16. The molecule has 0 saturated heterocycles. The van der Waals surface area contributed by atoms with Crippen molar-refractivity contribution in [2.45, 2.75) is 20.0 Å². The monoisotopic (exact) mass is 370 g/mol. The number of aryl methyl sites for hydroxylation is 1. The van der Waals surface area contributed by atoms with Crippen LogP contribution in [0.4, 0.5) is 0 Å². The first-order valence-corrected chi connectivity index (χ1v) is 8.94. The van der Waals surface area contributed by atoms with E-state index in [1.165, 1.54) is 0 Å². The highest BCUT2D eigenvalue weighted by atomic mass is 16.3. The van der Waals surface area contributed by atoms with Gasteiger partial charge in [0, 0.05) is 11.8 Å². The Balaban J connectivity index is 1.63. The van der Waals surface area contributed by atoms with Crippen molar-refractivity contribution in [3.05, 3.63) is 100.0 Å². The summed E-state index contributed by atoms with van der Waals surface area (Å²) >= 11 is 0. The lowest BCUT2D eigenvalue weighted by Crippen LogP contribution is -2.11. The highest BCUT2D eigenvalue weighted by molar-refractivity contribution is 6.08. The molecule has 138 valence electrons. The van der Waals surface area contributed by atoms with Crippen LogP contribution in [0.5, 0.6) is 0 Å². The van der Waals surface area contributed by atoms with E-state index in [1.54, 1.807) is 6.20 Å². The zero-order chi connectivity index (χ0) is 19.5. The Morgan fingerprint density at radius 2 is 1.89 bits per heavy atom. The molecule has 0 bridgehead atoms. The lowest BCUT2D eigenvalue weighted by molar-refractivity contribution is 0.103. The zero-order valence-corrected chi connectivity index (χ0v) is 15.4. The third kappa shape index (κ3) is 3.57. The van der Waals surface area contributed by atoms with E-state index < -0.39 is 0 Å². The number of fused-ring (bicyclic) bond motifs is 1. The molecule has 6 nitrogen and oxygen atoms in total. The predicted octanol–water partition coefficient (Wildman–Crippen LogP) is 4.29. The maximum atomic E-state index is 12.9. The van der Waals surface area contributed by atoms with E-state index in [0.29, 0.717) is 23.3 Å². The highest BCUT2D eigenvalue weighted by Crippen LogP contribution is 2.16. The summed E-state index contributed by atoms with van der Waals surface area (Å²) in [7, 11) is 0. The van der Waals surface area contributed by atoms with Gasteiger partial charge in [-0.05, 0) is 36.8 Å². The number of carbonyl (C=O) groups is 1. The Hall–Kier alpha value is -3.67. The molecule has 0 spiro atoms. The SMILES string of the molecule is Cc1ccc(C(=O)c2cccn2Cc2cnc3ccc(CN=O)cc3n2)cc1. The van der Waals surface area contributed by atoms with Crippen LogP contribution < -0.4 is 0 Å². The third-order valence-corrected chi connectivity index (χ3v) is 4.61. The van der Waals surface area contributed by atoms with Crippen LogP contribution in [0.2, 0.25) is 0 Å². The fourth-order valence-corrected chi connectivity index (χ4v) is 3.13. The fourth-order valence-electron chi connectivity index (χ4n) is 3.13. The number of hydrogen-bond donors (Lipinski definition) is 0. The van der Waals surface area contributed by atoms with Crippen molar-refractivity contribution in [2.24, 2.45) is 5.18 Å². The molecule has 0 amide bonds. The van der Waals surface area contributed by atoms with Crippen LogP contribution in [0.1, 0.15) is 32.9 Å². The van der Waals surface area contributed by atoms with Gasteiger partial charge in [0.05, 0.1) is 35.2 Å². The maximum Gasteiger partial charge on any atom is 0.209 e. The summed E-state index contributed by atoms with van der Waals surface area (Å²) in [5.41, 5.74) is 5.36. The number of ketones is 1. The van der Waals surface area contributed by atoms with Gasteiger partial charge in [-0.25, -0.2) is 4.98 Å². The van der Waals surface area contributed by atoms with Gasteiger partial charge in [0.2, 0.25) is 5.78 Å². The Bertz CT molecular complexity index is 1160. The number of nitroso groups, excluding NO2 is 1. The summed E-state index contributed by atoms with van der Waals surface area (Å²) in [5.74, 6) is -0.0295. The van der Waals surface area contributed by atoms with E-state index >= 15 is 0 Å². The van der Waals surface area contributed by atoms with Gasteiger partial charge in [-0.2, -0.15) is 4.91 Å². The van der Waals surface area contributed by atoms with Gasteiger partial charge in [0.15, 0.2) is 0 Å². The molecule has 0 fully saturated rings. The van der Waals surface area contributed by atoms with Crippen LogP contribution in [0.3, 0.4) is 0 Å². The van der Waals surface area contributed by atoms with Crippen molar-refractivity contribution in [1.29, 1.82) is 0 Å². The van der Waals surface area contributed by atoms with E-state index in [0.717, 1.165) is 22.3 Å². The molecule has 4 aromatic rings. The molecule has 6 heteroatoms. The molecule has 0 radical (unpaired) electrons. The molecule has 0 unspecified atom stereocenters. The van der Waals surface area contributed by atoms with E-state index in [1.807, 2.05) is 72.3 Å². The van der Waals surface area contributed by atoms with Crippen LogP contribution in [0, 0.1) is 11.8 Å². The molecule has 4 rings (SSSR count). The summed E-state index contributed by atoms with van der Waals surface area (Å²) in [4.78, 5) is 32.4. The Labute approximate surface area is 161 Å². The van der Waals surface area contributed by atoms with Crippen molar-refractivity contribution >= 4 is 16.8 Å². The second kappa shape index (κ2) is 7.52. The zero-order valence-electron chi connectivity index (χ0n) is 15.4. The molecule has 0 aliphatic carbocycles. The number of aromatic nitrogens is 3. The minimum atomic E-state index is -0.0295. The first-order chi connectivity index (χ1) is 13.6. The second-order valence-corrected chi connectivity index (χ2v) is 6.69. The third-order valence-electron chi connectivity index (χ3n) is 4.61. The molecule has 2 aromatic heterocycles. The molecule has 0 saturated carbocycles. The van der Waals surface area contributed by atoms with E-state index in [4.69, 9.17) is 0 Å². The highest BCUT2D eigenvalue weighted by Gasteiger charge is 2.14. The predicted molar refractivity (Wildman–Crippen MR) is 107 cm³/mol. The Morgan fingerprint density at radius 1 is 1.07 bits per heavy atom. The molecule has 0 aliphatic heterocycles. The quantitative estimate of drug-likeness (QED) is 0.375. The van der Waals surface area contributed by atoms with Gasteiger partial charge in [-0.1, -0.05) is 41.1 Å². The number of nitrogens with zero attached hydrogens (tertiary/aromatic N) is 4. The summed E-state index contributed by atoms with van der Waals surface area (Å²) < 4.78 is 1.87. The minimum Gasteiger partial charge on any atom is -0.339 e. The number of hydrogen-bond acceptors (Lipinski definition) is 5. The summed E-state index contributed by atoms with van der Waals surface area (Å²) in [5, 5.41) is 2.92. The van der Waals surface area contributed by atoms with Gasteiger partial charge in [-0.15, -0.1) is 0 Å². The van der Waals surface area contributed by atoms with E-state index in [-0.39, 0.29) is 12.3 Å². The topological polar surface area (TPSA) is 77.2 Å². The first-order valence-electron chi connectivity index (χ1n) is 8.94. The van der Waals surface area contributed by atoms with Crippen molar-refractivity contribution in [2.75, 3.05) is 0 Å². The molecular formula is C22H18N4O2. The van der Waals surface area contributed by atoms with Gasteiger partial charge in [0.1, 0.15) is 6.54 Å². The van der Waals surface area contributed by atoms with Gasteiger partial charge >= 0.3 is 0 Å². The van der Waals surface area contributed by atoms with Crippen LogP contribution in [0.25, 0.3) is 11.0 Å². The largest absolute Gasteiger partial charge is 0.339 e. The molecule has 2 heterocycles. The van der Waals surface area contributed by atoms with Crippen molar-refractivity contribution in [3.8, 4) is 0 Å². The summed E-state index contributed by atoms with van der Waals surface area (Å²) in [6.45, 7) is 2.53. The standard InChI is InChI=1S/C22H18N4O2/c1-15-4-7-17(8-5-15)22(27)21-3-2-10-26(21)14-18-13-23-19-9-6-16(12-24-28)11-20(19)25-18/h2-11,13H,12,14H2,1H3. The van der Waals surface area contributed by atoms with Gasteiger partial charge < -0.3 is 4.57 Å². The van der Waals surface area contributed by atoms with Crippen LogP contribution in [-0.2, 0) is 13.1 Å². The Morgan fingerprint density at radius 3 is 2.68 bits per heavy atom.